The first-order valence-corrected chi connectivity index (χ1v) is 11.1. The summed E-state index contributed by atoms with van der Waals surface area (Å²) < 4.78 is 11.4. The molecule has 0 bridgehead atoms. The van der Waals surface area contributed by atoms with Gasteiger partial charge in [-0.25, -0.2) is 0 Å². The van der Waals surface area contributed by atoms with Crippen molar-refractivity contribution >= 4 is 10.9 Å². The van der Waals surface area contributed by atoms with E-state index in [1.165, 1.54) is 40.6 Å². The third-order valence-electron chi connectivity index (χ3n) is 7.25. The summed E-state index contributed by atoms with van der Waals surface area (Å²) in [6.45, 7) is 8.61. The maximum Gasteiger partial charge on any atom is 0.161 e. The minimum atomic E-state index is -0.440. The van der Waals surface area contributed by atoms with E-state index in [-0.39, 0.29) is 5.41 Å². The second kappa shape index (κ2) is 7.83. The fourth-order valence-electron chi connectivity index (χ4n) is 4.63. The van der Waals surface area contributed by atoms with E-state index in [1.807, 2.05) is 0 Å². The van der Waals surface area contributed by atoms with Gasteiger partial charge in [-0.3, -0.25) is 4.98 Å². The summed E-state index contributed by atoms with van der Waals surface area (Å²) in [6.07, 6.45) is 4.45. The number of aromatic nitrogens is 1. The molecule has 0 saturated heterocycles. The highest BCUT2D eigenvalue weighted by molar-refractivity contribution is 5.98. The molecule has 4 heteroatoms. The molecule has 0 amide bonds. The van der Waals surface area contributed by atoms with Gasteiger partial charge in [-0.1, -0.05) is 32.0 Å². The Hall–Kier alpha value is -2.59. The lowest BCUT2D eigenvalue weighted by Gasteiger charge is -2.41. The van der Waals surface area contributed by atoms with Crippen molar-refractivity contribution in [2.24, 2.45) is 5.73 Å². The minimum absolute atomic E-state index is 0.312. The number of nitrogens with zero attached hydrogens (tertiary/aromatic N) is 1. The molecule has 31 heavy (non-hydrogen) atoms. The maximum atomic E-state index is 6.72. The lowest BCUT2D eigenvalue weighted by atomic mass is 9.67. The molecule has 4 nitrogen and oxygen atoms in total. The molecule has 4 rings (SSSR count). The predicted molar refractivity (Wildman–Crippen MR) is 128 cm³/mol. The van der Waals surface area contributed by atoms with Crippen molar-refractivity contribution in [3.63, 3.8) is 0 Å². The molecular weight excluding hydrogens is 384 g/mol. The molecule has 0 unspecified atom stereocenters. The first kappa shape index (κ1) is 21.6. The van der Waals surface area contributed by atoms with Crippen LogP contribution in [-0.4, -0.2) is 24.7 Å². The smallest absolute Gasteiger partial charge is 0.161 e. The van der Waals surface area contributed by atoms with Crippen LogP contribution in [0.3, 0.4) is 0 Å². The molecule has 0 fully saturated rings. The molecule has 2 aromatic carbocycles. The Balaban J connectivity index is 2.15. The standard InChI is InChI=1S/C27H34N2O2/c1-26(2,27(3,4)28)20-16-24(31-6)23(30-5)15-19(20)25-17-11-7-9-13-21(17)29-22-14-10-8-12-18(22)25/h7,9,11,13,15-16H,8,10,12,14,28H2,1-6H3. The zero-order valence-electron chi connectivity index (χ0n) is 19.6. The number of benzene rings is 2. The molecule has 2 N–H and O–H groups in total. The molecule has 0 aliphatic heterocycles. The van der Waals surface area contributed by atoms with Crippen LogP contribution in [0.1, 0.15) is 57.4 Å². The molecule has 1 aliphatic rings. The highest BCUT2D eigenvalue weighted by atomic mass is 16.5. The van der Waals surface area contributed by atoms with Crippen molar-refractivity contribution < 1.29 is 9.47 Å². The number of hydrogen-bond acceptors (Lipinski definition) is 4. The number of fused-ring (bicyclic) bond motifs is 2. The Kier molecular flexibility index (Phi) is 5.47. The Labute approximate surface area is 185 Å². The summed E-state index contributed by atoms with van der Waals surface area (Å²) in [5, 5.41) is 1.18. The predicted octanol–water partition coefficient (Wildman–Crippen LogP) is 5.81. The van der Waals surface area contributed by atoms with Crippen molar-refractivity contribution in [1.82, 2.24) is 4.98 Å². The summed E-state index contributed by atoms with van der Waals surface area (Å²) in [7, 11) is 3.38. The fourth-order valence-corrected chi connectivity index (χ4v) is 4.63. The summed E-state index contributed by atoms with van der Waals surface area (Å²) in [5.74, 6) is 1.46. The first-order valence-electron chi connectivity index (χ1n) is 11.1. The summed E-state index contributed by atoms with van der Waals surface area (Å²) in [6, 6.07) is 12.7. The molecule has 0 atom stereocenters. The molecule has 1 aromatic heterocycles. The van der Waals surface area contributed by atoms with Crippen LogP contribution in [0.4, 0.5) is 0 Å². The third kappa shape index (κ3) is 3.57. The number of ether oxygens (including phenoxy) is 2. The topological polar surface area (TPSA) is 57.4 Å². The van der Waals surface area contributed by atoms with Gasteiger partial charge in [0, 0.05) is 22.0 Å². The van der Waals surface area contributed by atoms with Gasteiger partial charge in [0.2, 0.25) is 0 Å². The van der Waals surface area contributed by atoms with Crippen molar-refractivity contribution in [3.05, 3.63) is 53.2 Å². The summed E-state index contributed by atoms with van der Waals surface area (Å²) >= 11 is 0. The minimum Gasteiger partial charge on any atom is -0.493 e. The second-order valence-electron chi connectivity index (χ2n) is 9.74. The Morgan fingerprint density at radius 2 is 1.55 bits per heavy atom. The second-order valence-corrected chi connectivity index (χ2v) is 9.74. The van der Waals surface area contributed by atoms with Gasteiger partial charge in [0.1, 0.15) is 0 Å². The number of nitrogens with two attached hydrogens (primary N) is 1. The highest BCUT2D eigenvalue weighted by Crippen LogP contribution is 2.47. The molecule has 0 spiro atoms. The average Bonchev–Trinajstić information content (AvgIpc) is 2.75. The van der Waals surface area contributed by atoms with Gasteiger partial charge >= 0.3 is 0 Å². The van der Waals surface area contributed by atoms with Crippen LogP contribution in [0.25, 0.3) is 22.0 Å². The van der Waals surface area contributed by atoms with Crippen LogP contribution in [0, 0.1) is 0 Å². The van der Waals surface area contributed by atoms with E-state index < -0.39 is 5.54 Å². The zero-order valence-corrected chi connectivity index (χ0v) is 19.6. The van der Waals surface area contributed by atoms with E-state index in [0.29, 0.717) is 0 Å². The molecule has 3 aromatic rings. The van der Waals surface area contributed by atoms with Crippen LogP contribution < -0.4 is 15.2 Å². The van der Waals surface area contributed by atoms with Crippen LogP contribution in [0.15, 0.2) is 36.4 Å². The lowest BCUT2D eigenvalue weighted by molar-refractivity contribution is 0.303. The van der Waals surface area contributed by atoms with Gasteiger partial charge in [0.25, 0.3) is 0 Å². The zero-order chi connectivity index (χ0) is 22.4. The Bertz CT molecular complexity index is 1130. The number of methoxy groups -OCH3 is 2. The van der Waals surface area contributed by atoms with E-state index in [0.717, 1.165) is 35.4 Å². The van der Waals surface area contributed by atoms with E-state index in [4.69, 9.17) is 20.2 Å². The van der Waals surface area contributed by atoms with Gasteiger partial charge in [-0.2, -0.15) is 0 Å². The third-order valence-corrected chi connectivity index (χ3v) is 7.25. The lowest BCUT2D eigenvalue weighted by Crippen LogP contribution is -2.50. The number of para-hydroxylation sites is 1. The van der Waals surface area contributed by atoms with Crippen LogP contribution in [0.5, 0.6) is 11.5 Å². The van der Waals surface area contributed by atoms with E-state index in [9.17, 15) is 0 Å². The van der Waals surface area contributed by atoms with Crippen LogP contribution in [-0.2, 0) is 18.3 Å². The van der Waals surface area contributed by atoms with Gasteiger partial charge in [0.15, 0.2) is 11.5 Å². The van der Waals surface area contributed by atoms with Crippen LogP contribution in [0.2, 0.25) is 0 Å². The van der Waals surface area contributed by atoms with Crippen molar-refractivity contribution in [1.29, 1.82) is 0 Å². The average molecular weight is 419 g/mol. The number of hydrogen-bond donors (Lipinski definition) is 1. The molecule has 0 radical (unpaired) electrons. The highest BCUT2D eigenvalue weighted by Gasteiger charge is 2.38. The molecule has 164 valence electrons. The number of rotatable bonds is 5. The Morgan fingerprint density at radius 1 is 0.903 bits per heavy atom. The molecule has 0 saturated carbocycles. The van der Waals surface area contributed by atoms with E-state index >= 15 is 0 Å². The Morgan fingerprint density at radius 3 is 2.23 bits per heavy atom. The van der Waals surface area contributed by atoms with Gasteiger partial charge < -0.3 is 15.2 Å². The fraction of sp³-hybridized carbons (Fsp3) is 0.444. The summed E-state index contributed by atoms with van der Waals surface area (Å²) in [5.41, 5.74) is 13.2. The van der Waals surface area contributed by atoms with E-state index in [1.54, 1.807) is 14.2 Å². The van der Waals surface area contributed by atoms with Gasteiger partial charge in [-0.15, -0.1) is 0 Å². The van der Waals surface area contributed by atoms with Crippen molar-refractivity contribution in [2.75, 3.05) is 14.2 Å². The number of pyridine rings is 1. The quantitative estimate of drug-likeness (QED) is 0.568. The first-order chi connectivity index (χ1) is 14.7. The van der Waals surface area contributed by atoms with Crippen molar-refractivity contribution in [3.8, 4) is 22.6 Å². The number of aryl methyl sites for hydroxylation is 1. The van der Waals surface area contributed by atoms with E-state index in [2.05, 4.69) is 64.1 Å². The molecule has 1 aliphatic carbocycles. The molecule has 1 heterocycles. The largest absolute Gasteiger partial charge is 0.493 e. The molecular formula is C27H34N2O2. The van der Waals surface area contributed by atoms with Gasteiger partial charge in [-0.05, 0) is 80.0 Å². The maximum absolute atomic E-state index is 6.72. The van der Waals surface area contributed by atoms with Crippen molar-refractivity contribution in [2.45, 2.75) is 64.3 Å². The van der Waals surface area contributed by atoms with Gasteiger partial charge in [0.05, 0.1) is 19.7 Å². The monoisotopic (exact) mass is 418 g/mol. The van der Waals surface area contributed by atoms with Crippen LogP contribution >= 0.6 is 0 Å². The normalized spacial score (nSPS) is 14.4. The summed E-state index contributed by atoms with van der Waals surface area (Å²) in [4.78, 5) is 5.04. The SMILES string of the molecule is COc1cc(-c2c3c(nc4ccccc24)CCCC3)c(C(C)(C)C(C)(C)N)cc1OC.